The first kappa shape index (κ1) is 7.77. The zero-order valence-electron chi connectivity index (χ0n) is 6.97. The predicted octanol–water partition coefficient (Wildman–Crippen LogP) is 1.21. The van der Waals surface area contributed by atoms with E-state index >= 15 is 0 Å². The van der Waals surface area contributed by atoms with E-state index in [4.69, 9.17) is 4.74 Å². The maximum absolute atomic E-state index is 11.5. The highest BCUT2D eigenvalue weighted by atomic mass is 16.6. The Morgan fingerprint density at radius 3 is 2.50 bits per heavy atom. The van der Waals surface area contributed by atoms with E-state index in [1.165, 1.54) is 0 Å². The van der Waals surface area contributed by atoms with Gasteiger partial charge in [0, 0.05) is 19.3 Å². The van der Waals surface area contributed by atoms with E-state index in [9.17, 15) is 9.59 Å². The largest absolute Gasteiger partial charge is 0.451 e. The Kier molecular flexibility index (Phi) is 1.67. The number of hydrogen-bond donors (Lipinski definition) is 0. The molecule has 1 atom stereocenters. The molecular formula is C9H12O3. The Morgan fingerprint density at radius 2 is 1.92 bits per heavy atom. The summed E-state index contributed by atoms with van der Waals surface area (Å²) in [6.07, 6.45) is 4.35. The van der Waals surface area contributed by atoms with E-state index in [0.717, 1.165) is 19.3 Å². The molecule has 1 saturated heterocycles. The fourth-order valence-electron chi connectivity index (χ4n) is 2.06. The minimum absolute atomic E-state index is 0.139. The summed E-state index contributed by atoms with van der Waals surface area (Å²) >= 11 is 0. The van der Waals surface area contributed by atoms with Gasteiger partial charge in [-0.05, 0) is 19.3 Å². The van der Waals surface area contributed by atoms with Crippen molar-refractivity contribution in [2.75, 3.05) is 0 Å². The molecule has 0 N–H and O–H groups in total. The molecule has 3 heteroatoms. The maximum Gasteiger partial charge on any atom is 0.306 e. The van der Waals surface area contributed by atoms with Crippen LogP contribution in [0.15, 0.2) is 0 Å². The first-order valence-electron chi connectivity index (χ1n) is 4.48. The van der Waals surface area contributed by atoms with Crippen LogP contribution in [0.2, 0.25) is 0 Å². The van der Waals surface area contributed by atoms with Crippen molar-refractivity contribution in [2.45, 2.75) is 44.1 Å². The standard InChI is InChI=1S/C9H12O3/c10-7-3-1-2-5-9(7)6-4-8(11)12-9/h1-6H2/t9-/m1/s1. The number of ether oxygens (including phenoxy) is 1. The Labute approximate surface area is 71.1 Å². The molecule has 2 rings (SSSR count). The smallest absolute Gasteiger partial charge is 0.306 e. The van der Waals surface area contributed by atoms with Crippen LogP contribution in [0.25, 0.3) is 0 Å². The van der Waals surface area contributed by atoms with Crippen molar-refractivity contribution in [2.24, 2.45) is 0 Å². The van der Waals surface area contributed by atoms with E-state index < -0.39 is 5.60 Å². The van der Waals surface area contributed by atoms with Crippen LogP contribution in [0.4, 0.5) is 0 Å². The molecule has 3 nitrogen and oxygen atoms in total. The fourth-order valence-corrected chi connectivity index (χ4v) is 2.06. The third kappa shape index (κ3) is 1.04. The fraction of sp³-hybridized carbons (Fsp3) is 0.778. The predicted molar refractivity (Wildman–Crippen MR) is 41.5 cm³/mol. The third-order valence-electron chi connectivity index (χ3n) is 2.78. The molecule has 1 saturated carbocycles. The van der Waals surface area contributed by atoms with Crippen LogP contribution >= 0.6 is 0 Å². The van der Waals surface area contributed by atoms with E-state index in [2.05, 4.69) is 0 Å². The molecule has 2 aliphatic rings. The van der Waals surface area contributed by atoms with Crippen LogP contribution in [0.3, 0.4) is 0 Å². The number of Topliss-reactive ketones (excluding diaryl/α,β-unsaturated/α-hetero) is 1. The first-order valence-corrected chi connectivity index (χ1v) is 4.48. The molecule has 12 heavy (non-hydrogen) atoms. The molecule has 0 aromatic rings. The maximum atomic E-state index is 11.5. The topological polar surface area (TPSA) is 43.4 Å². The van der Waals surface area contributed by atoms with Gasteiger partial charge >= 0.3 is 5.97 Å². The monoisotopic (exact) mass is 168 g/mol. The van der Waals surface area contributed by atoms with Crippen LogP contribution < -0.4 is 0 Å². The lowest BCUT2D eigenvalue weighted by molar-refractivity contribution is -0.159. The van der Waals surface area contributed by atoms with Crippen molar-refractivity contribution in [3.63, 3.8) is 0 Å². The highest BCUT2D eigenvalue weighted by Gasteiger charge is 2.47. The van der Waals surface area contributed by atoms with Gasteiger partial charge in [0.1, 0.15) is 0 Å². The van der Waals surface area contributed by atoms with Gasteiger partial charge in [0.2, 0.25) is 0 Å². The highest BCUT2D eigenvalue weighted by molar-refractivity contribution is 5.92. The number of ketones is 1. The van der Waals surface area contributed by atoms with Crippen LogP contribution in [-0.2, 0) is 14.3 Å². The molecule has 66 valence electrons. The van der Waals surface area contributed by atoms with Crippen molar-refractivity contribution in [1.82, 2.24) is 0 Å². The van der Waals surface area contributed by atoms with E-state index in [1.54, 1.807) is 0 Å². The number of carbonyl (C=O) groups excluding carboxylic acids is 2. The first-order chi connectivity index (χ1) is 5.73. The molecule has 1 spiro atoms. The minimum atomic E-state index is -0.685. The number of carbonyl (C=O) groups is 2. The van der Waals surface area contributed by atoms with E-state index in [-0.39, 0.29) is 11.8 Å². The second-order valence-corrected chi connectivity index (χ2v) is 3.60. The van der Waals surface area contributed by atoms with Gasteiger partial charge in [-0.1, -0.05) is 0 Å². The zero-order chi connectivity index (χ0) is 8.60. The van der Waals surface area contributed by atoms with Gasteiger partial charge in [-0.25, -0.2) is 0 Å². The molecular weight excluding hydrogens is 156 g/mol. The lowest BCUT2D eigenvalue weighted by atomic mass is 9.82. The van der Waals surface area contributed by atoms with Gasteiger partial charge in [0.25, 0.3) is 0 Å². The van der Waals surface area contributed by atoms with Crippen LogP contribution in [0, 0.1) is 0 Å². The average molecular weight is 168 g/mol. The molecule has 1 aliphatic carbocycles. The normalized spacial score (nSPS) is 35.7. The molecule has 0 bridgehead atoms. The van der Waals surface area contributed by atoms with E-state index in [0.29, 0.717) is 19.3 Å². The molecule has 1 heterocycles. The summed E-state index contributed by atoms with van der Waals surface area (Å²) in [5, 5.41) is 0. The van der Waals surface area contributed by atoms with E-state index in [1.807, 2.05) is 0 Å². The van der Waals surface area contributed by atoms with Gasteiger partial charge < -0.3 is 4.74 Å². The number of hydrogen-bond acceptors (Lipinski definition) is 3. The SMILES string of the molecule is O=C1CC[C@@]2(CCCCC2=O)O1. The quantitative estimate of drug-likeness (QED) is 0.510. The summed E-state index contributed by atoms with van der Waals surface area (Å²) in [5.41, 5.74) is -0.685. The lowest BCUT2D eigenvalue weighted by Gasteiger charge is -2.29. The molecule has 0 aromatic heterocycles. The number of rotatable bonds is 0. The van der Waals surface area contributed by atoms with Crippen LogP contribution in [0.5, 0.6) is 0 Å². The van der Waals surface area contributed by atoms with Gasteiger partial charge in [0.05, 0.1) is 0 Å². The molecule has 1 aliphatic heterocycles. The highest BCUT2D eigenvalue weighted by Crippen LogP contribution is 2.37. The lowest BCUT2D eigenvalue weighted by Crippen LogP contribution is -2.40. The van der Waals surface area contributed by atoms with Crippen molar-refractivity contribution in [1.29, 1.82) is 0 Å². The summed E-state index contributed by atoms with van der Waals surface area (Å²) in [7, 11) is 0. The summed E-state index contributed by atoms with van der Waals surface area (Å²) in [6, 6.07) is 0. The molecule has 2 fully saturated rings. The Balaban J connectivity index is 2.18. The van der Waals surface area contributed by atoms with Crippen LogP contribution in [0.1, 0.15) is 38.5 Å². The molecule has 0 unspecified atom stereocenters. The molecule has 0 radical (unpaired) electrons. The van der Waals surface area contributed by atoms with Crippen molar-refractivity contribution in [3.05, 3.63) is 0 Å². The number of esters is 1. The zero-order valence-corrected chi connectivity index (χ0v) is 6.97. The van der Waals surface area contributed by atoms with Crippen molar-refractivity contribution >= 4 is 11.8 Å². The molecule has 0 aromatic carbocycles. The minimum Gasteiger partial charge on any atom is -0.451 e. The summed E-state index contributed by atoms with van der Waals surface area (Å²) < 4.78 is 5.11. The second-order valence-electron chi connectivity index (χ2n) is 3.60. The summed E-state index contributed by atoms with van der Waals surface area (Å²) in [5.74, 6) is -0.0650. The van der Waals surface area contributed by atoms with Crippen LogP contribution in [-0.4, -0.2) is 17.4 Å². The third-order valence-corrected chi connectivity index (χ3v) is 2.78. The van der Waals surface area contributed by atoms with Crippen molar-refractivity contribution in [3.8, 4) is 0 Å². The second kappa shape index (κ2) is 2.57. The summed E-state index contributed by atoms with van der Waals surface area (Å²) in [4.78, 5) is 22.4. The molecule has 0 amide bonds. The van der Waals surface area contributed by atoms with Gasteiger partial charge in [-0.2, -0.15) is 0 Å². The van der Waals surface area contributed by atoms with Crippen molar-refractivity contribution < 1.29 is 14.3 Å². The van der Waals surface area contributed by atoms with Gasteiger partial charge in [0.15, 0.2) is 11.4 Å². The Hall–Kier alpha value is -0.860. The van der Waals surface area contributed by atoms with Gasteiger partial charge in [-0.15, -0.1) is 0 Å². The Bertz CT molecular complexity index is 234. The summed E-state index contributed by atoms with van der Waals surface area (Å²) in [6.45, 7) is 0. The van der Waals surface area contributed by atoms with Gasteiger partial charge in [-0.3, -0.25) is 9.59 Å². The Morgan fingerprint density at radius 1 is 1.08 bits per heavy atom. The average Bonchev–Trinajstić information content (AvgIpc) is 2.41.